The molecule has 1 aromatic carbocycles. The SMILES string of the molecule is CC1(C)C2C(=O)N(c3ccc(C(=O)O)cc3Br)C(=O)C21. The third-order valence-electron chi connectivity index (χ3n) is 4.24. The van der Waals surface area contributed by atoms with E-state index in [1.807, 2.05) is 13.8 Å². The molecule has 0 bridgehead atoms. The van der Waals surface area contributed by atoms with Gasteiger partial charge in [0.05, 0.1) is 23.1 Å². The molecule has 2 fully saturated rings. The van der Waals surface area contributed by atoms with Crippen LogP contribution in [0.3, 0.4) is 0 Å². The van der Waals surface area contributed by atoms with Gasteiger partial charge in [0, 0.05) is 4.47 Å². The van der Waals surface area contributed by atoms with Crippen LogP contribution in [-0.2, 0) is 9.59 Å². The van der Waals surface area contributed by atoms with Gasteiger partial charge >= 0.3 is 5.97 Å². The average molecular weight is 338 g/mol. The lowest BCUT2D eigenvalue weighted by Gasteiger charge is -2.21. The van der Waals surface area contributed by atoms with Gasteiger partial charge in [0.1, 0.15) is 0 Å². The number of halogens is 1. The number of amides is 2. The Labute approximate surface area is 123 Å². The molecular weight excluding hydrogens is 326 g/mol. The highest BCUT2D eigenvalue weighted by Crippen LogP contribution is 2.63. The molecule has 5 nitrogen and oxygen atoms in total. The molecule has 3 rings (SSSR count). The molecule has 1 N–H and O–H groups in total. The number of benzene rings is 1. The fraction of sp³-hybridized carbons (Fsp3) is 0.357. The number of imide groups is 1. The normalized spacial score (nSPS) is 26.6. The summed E-state index contributed by atoms with van der Waals surface area (Å²) in [7, 11) is 0. The van der Waals surface area contributed by atoms with Crippen molar-refractivity contribution in [2.75, 3.05) is 4.90 Å². The predicted octanol–water partition coefficient (Wildman–Crippen LogP) is 2.29. The van der Waals surface area contributed by atoms with Crippen LogP contribution in [-0.4, -0.2) is 22.9 Å². The highest BCUT2D eigenvalue weighted by atomic mass is 79.9. The Morgan fingerprint density at radius 2 is 1.80 bits per heavy atom. The van der Waals surface area contributed by atoms with Crippen molar-refractivity contribution >= 4 is 39.4 Å². The summed E-state index contributed by atoms with van der Waals surface area (Å²) >= 11 is 3.23. The second-order valence-corrected chi connectivity index (χ2v) is 6.61. The minimum absolute atomic E-state index is 0.102. The van der Waals surface area contributed by atoms with E-state index in [0.717, 1.165) is 4.90 Å². The van der Waals surface area contributed by atoms with Crippen molar-refractivity contribution in [3.8, 4) is 0 Å². The smallest absolute Gasteiger partial charge is 0.335 e. The second kappa shape index (κ2) is 3.91. The molecule has 6 heteroatoms. The van der Waals surface area contributed by atoms with Gasteiger partial charge in [-0.15, -0.1) is 0 Å². The number of anilines is 1. The minimum atomic E-state index is -1.06. The number of carbonyl (C=O) groups excluding carboxylic acids is 2. The maximum atomic E-state index is 12.3. The molecule has 2 aliphatic rings. The molecule has 104 valence electrons. The molecule has 0 aromatic heterocycles. The Balaban J connectivity index is 1.98. The van der Waals surface area contributed by atoms with Gasteiger partial charge in [-0.2, -0.15) is 0 Å². The van der Waals surface area contributed by atoms with Crippen molar-refractivity contribution in [2.45, 2.75) is 13.8 Å². The van der Waals surface area contributed by atoms with E-state index in [4.69, 9.17) is 5.11 Å². The van der Waals surface area contributed by atoms with Crippen molar-refractivity contribution in [2.24, 2.45) is 17.3 Å². The van der Waals surface area contributed by atoms with E-state index in [1.165, 1.54) is 18.2 Å². The zero-order valence-corrected chi connectivity index (χ0v) is 12.5. The van der Waals surface area contributed by atoms with Gasteiger partial charge in [-0.1, -0.05) is 13.8 Å². The van der Waals surface area contributed by atoms with E-state index in [0.29, 0.717) is 10.2 Å². The van der Waals surface area contributed by atoms with Crippen molar-refractivity contribution in [1.29, 1.82) is 0 Å². The summed E-state index contributed by atoms with van der Waals surface area (Å²) in [5, 5.41) is 8.92. The Morgan fingerprint density at radius 3 is 2.25 bits per heavy atom. The standard InChI is InChI=1S/C14H12BrNO4/c1-14(2)9-10(14)12(18)16(11(9)17)8-4-3-6(13(19)20)5-7(8)15/h3-5,9-10H,1-2H3,(H,19,20). The highest BCUT2D eigenvalue weighted by Gasteiger charge is 2.72. The first-order valence-electron chi connectivity index (χ1n) is 6.17. The van der Waals surface area contributed by atoms with Crippen LogP contribution >= 0.6 is 15.9 Å². The van der Waals surface area contributed by atoms with E-state index in [2.05, 4.69) is 15.9 Å². The van der Waals surface area contributed by atoms with Gasteiger partial charge in [0.15, 0.2) is 0 Å². The second-order valence-electron chi connectivity index (χ2n) is 5.76. The largest absolute Gasteiger partial charge is 0.478 e. The molecule has 1 heterocycles. The Kier molecular flexibility index (Phi) is 2.60. The lowest BCUT2D eigenvalue weighted by molar-refractivity contribution is -0.125. The highest BCUT2D eigenvalue weighted by molar-refractivity contribution is 9.10. The zero-order chi connectivity index (χ0) is 14.8. The summed E-state index contributed by atoms with van der Waals surface area (Å²) in [6.07, 6.45) is 0. The number of piperidine rings is 1. The Morgan fingerprint density at radius 1 is 1.25 bits per heavy atom. The van der Waals surface area contributed by atoms with Gasteiger partial charge in [0.2, 0.25) is 11.8 Å². The summed E-state index contributed by atoms with van der Waals surface area (Å²) in [5.41, 5.74) is 0.260. The fourth-order valence-electron chi connectivity index (χ4n) is 3.01. The van der Waals surface area contributed by atoms with Gasteiger partial charge in [0.25, 0.3) is 0 Å². The first kappa shape index (κ1) is 13.3. The summed E-state index contributed by atoms with van der Waals surface area (Å²) < 4.78 is 0.429. The molecule has 1 saturated heterocycles. The topological polar surface area (TPSA) is 74.7 Å². The Bertz CT molecular complexity index is 643. The quantitative estimate of drug-likeness (QED) is 0.840. The first-order chi connectivity index (χ1) is 9.26. The van der Waals surface area contributed by atoms with Crippen LogP contribution in [0.2, 0.25) is 0 Å². The molecule has 2 atom stereocenters. The molecule has 1 aliphatic carbocycles. The lowest BCUT2D eigenvalue weighted by atomic mass is 10.0. The lowest BCUT2D eigenvalue weighted by Crippen LogP contribution is -2.36. The van der Waals surface area contributed by atoms with E-state index in [-0.39, 0.29) is 34.6 Å². The molecule has 1 aromatic rings. The Hall–Kier alpha value is -1.69. The van der Waals surface area contributed by atoms with E-state index in [9.17, 15) is 14.4 Å². The zero-order valence-electron chi connectivity index (χ0n) is 10.9. The van der Waals surface area contributed by atoms with Crippen LogP contribution in [0.5, 0.6) is 0 Å². The number of fused-ring (bicyclic) bond motifs is 1. The summed E-state index contributed by atoms with van der Waals surface area (Å²) in [6, 6.07) is 4.27. The van der Waals surface area contributed by atoms with E-state index in [1.54, 1.807) is 0 Å². The number of hydrogen-bond donors (Lipinski definition) is 1. The van der Waals surface area contributed by atoms with Crippen molar-refractivity contribution in [3.63, 3.8) is 0 Å². The van der Waals surface area contributed by atoms with E-state index >= 15 is 0 Å². The molecule has 20 heavy (non-hydrogen) atoms. The molecular formula is C14H12BrNO4. The average Bonchev–Trinajstić information content (AvgIpc) is 2.81. The van der Waals surface area contributed by atoms with Crippen molar-refractivity contribution in [3.05, 3.63) is 28.2 Å². The van der Waals surface area contributed by atoms with Crippen LogP contribution in [0.1, 0.15) is 24.2 Å². The minimum Gasteiger partial charge on any atom is -0.478 e. The predicted molar refractivity (Wildman–Crippen MR) is 74.4 cm³/mol. The van der Waals surface area contributed by atoms with Gasteiger partial charge in [-0.3, -0.25) is 9.59 Å². The number of carboxylic acids is 1. The van der Waals surface area contributed by atoms with Gasteiger partial charge in [-0.25, -0.2) is 9.69 Å². The number of nitrogens with zero attached hydrogens (tertiary/aromatic N) is 1. The number of aromatic carboxylic acids is 1. The first-order valence-corrected chi connectivity index (χ1v) is 6.96. The molecule has 1 aliphatic heterocycles. The molecule has 1 saturated carbocycles. The maximum absolute atomic E-state index is 12.3. The summed E-state index contributed by atoms with van der Waals surface area (Å²) in [4.78, 5) is 36.7. The summed E-state index contributed by atoms with van der Waals surface area (Å²) in [6.45, 7) is 3.83. The molecule has 2 unspecified atom stereocenters. The molecule has 0 spiro atoms. The maximum Gasteiger partial charge on any atom is 0.335 e. The van der Waals surface area contributed by atoms with Gasteiger partial charge < -0.3 is 5.11 Å². The number of rotatable bonds is 2. The van der Waals surface area contributed by atoms with Crippen molar-refractivity contribution in [1.82, 2.24) is 0 Å². The number of hydrogen-bond acceptors (Lipinski definition) is 3. The van der Waals surface area contributed by atoms with Crippen molar-refractivity contribution < 1.29 is 19.5 Å². The number of carboxylic acid groups (broad SMARTS) is 1. The van der Waals surface area contributed by atoms with Crippen LogP contribution in [0.4, 0.5) is 5.69 Å². The van der Waals surface area contributed by atoms with Gasteiger partial charge in [-0.05, 0) is 39.5 Å². The third kappa shape index (κ3) is 1.57. The van der Waals surface area contributed by atoms with Crippen LogP contribution in [0.15, 0.2) is 22.7 Å². The third-order valence-corrected chi connectivity index (χ3v) is 4.87. The monoisotopic (exact) mass is 337 g/mol. The van der Waals surface area contributed by atoms with Crippen LogP contribution < -0.4 is 4.90 Å². The van der Waals surface area contributed by atoms with Crippen LogP contribution in [0, 0.1) is 17.3 Å². The van der Waals surface area contributed by atoms with Crippen LogP contribution in [0.25, 0.3) is 0 Å². The van der Waals surface area contributed by atoms with E-state index < -0.39 is 5.97 Å². The number of carbonyl (C=O) groups is 3. The molecule has 0 radical (unpaired) electrons. The summed E-state index contributed by atoms with van der Waals surface area (Å²) in [5.74, 6) is -1.95. The molecule has 2 amide bonds. The fourth-order valence-corrected chi connectivity index (χ4v) is 3.56.